The first kappa shape index (κ1) is 30.9. The monoisotopic (exact) mass is 721 g/mol. The molecule has 1 unspecified atom stereocenters. The van der Waals surface area contributed by atoms with E-state index >= 15 is 4.57 Å². The topological polar surface area (TPSA) is 42.7 Å². The van der Waals surface area contributed by atoms with E-state index in [-0.39, 0.29) is 13.4 Å². The average molecular weight is 721 g/mol. The molecule has 4 heterocycles. The molecule has 9 aromatic rings. The zero-order valence-electron chi connectivity index (χ0n) is 29.6. The summed E-state index contributed by atoms with van der Waals surface area (Å²) < 4.78 is 29.0. The van der Waals surface area contributed by atoms with Crippen LogP contribution < -0.4 is 58.3 Å². The van der Waals surface area contributed by atoms with Crippen molar-refractivity contribution in [1.29, 1.82) is 0 Å². The van der Waals surface area contributed by atoms with Gasteiger partial charge in [0, 0.05) is 32.4 Å². The Labute approximate surface area is 319 Å². The van der Waals surface area contributed by atoms with Crippen molar-refractivity contribution < 1.29 is 13.7 Å². The first-order chi connectivity index (χ1) is 27.2. The lowest BCUT2D eigenvalue weighted by Gasteiger charge is -2.40. The van der Waals surface area contributed by atoms with Crippen LogP contribution in [0.5, 0.6) is 11.5 Å². The van der Waals surface area contributed by atoms with Gasteiger partial charge in [0.05, 0.1) is 11.4 Å². The molecular weight excluding hydrogens is 691 g/mol. The highest BCUT2D eigenvalue weighted by Crippen LogP contribution is 2.50. The molecule has 4 nitrogen and oxygen atoms in total. The Morgan fingerprint density at radius 3 is 1.67 bits per heavy atom. The molecule has 0 spiro atoms. The molecular formula is C48H30B2NO3P. The van der Waals surface area contributed by atoms with Gasteiger partial charge in [-0.05, 0) is 48.5 Å². The molecule has 256 valence electrons. The van der Waals surface area contributed by atoms with E-state index in [2.05, 4.69) is 126 Å². The quantitative estimate of drug-likeness (QED) is 0.155. The Kier molecular flexibility index (Phi) is 6.47. The van der Waals surface area contributed by atoms with Crippen molar-refractivity contribution in [2.75, 3.05) is 4.90 Å². The Morgan fingerprint density at radius 2 is 0.982 bits per heavy atom. The number of benzene rings is 8. The Bertz CT molecular complexity index is 3060. The maximum atomic E-state index is 16.3. The van der Waals surface area contributed by atoms with Crippen LogP contribution in [0, 0.1) is 0 Å². The molecule has 55 heavy (non-hydrogen) atoms. The summed E-state index contributed by atoms with van der Waals surface area (Å²) in [4.78, 5) is 2.27. The highest BCUT2D eigenvalue weighted by Gasteiger charge is 2.50. The van der Waals surface area contributed by atoms with E-state index < -0.39 is 7.14 Å². The highest BCUT2D eigenvalue weighted by molar-refractivity contribution is 7.88. The average Bonchev–Trinajstić information content (AvgIpc) is 3.61. The van der Waals surface area contributed by atoms with Crippen molar-refractivity contribution in [3.63, 3.8) is 0 Å². The number of rotatable bonds is 3. The van der Waals surface area contributed by atoms with E-state index in [9.17, 15) is 0 Å². The first-order valence-corrected chi connectivity index (χ1v) is 20.5. The highest BCUT2D eigenvalue weighted by atomic mass is 31.2. The van der Waals surface area contributed by atoms with Gasteiger partial charge in [0.2, 0.25) is 13.4 Å². The van der Waals surface area contributed by atoms with Gasteiger partial charge >= 0.3 is 0 Å². The lowest BCUT2D eigenvalue weighted by atomic mass is 9.33. The van der Waals surface area contributed by atoms with E-state index in [4.69, 9.17) is 9.15 Å². The van der Waals surface area contributed by atoms with Crippen molar-refractivity contribution >= 4 is 108 Å². The molecule has 0 saturated heterocycles. The second-order valence-electron chi connectivity index (χ2n) is 14.7. The molecule has 0 N–H and O–H groups in total. The van der Waals surface area contributed by atoms with Crippen LogP contribution in [0.3, 0.4) is 0 Å². The van der Waals surface area contributed by atoms with Crippen molar-refractivity contribution in [3.05, 3.63) is 182 Å². The third-order valence-electron chi connectivity index (χ3n) is 11.9. The number of hydrogen-bond acceptors (Lipinski definition) is 4. The maximum absolute atomic E-state index is 16.3. The zero-order chi connectivity index (χ0) is 36.3. The largest absolute Gasteiger partial charge is 0.456 e. The lowest BCUT2D eigenvalue weighted by molar-refractivity contribution is 0.477. The summed E-state index contributed by atoms with van der Waals surface area (Å²) in [5, 5.41) is 5.05. The molecule has 7 heteroatoms. The van der Waals surface area contributed by atoms with Crippen molar-refractivity contribution in [2.45, 2.75) is 0 Å². The normalized spacial score (nSPS) is 16.2. The minimum atomic E-state index is -3.25. The van der Waals surface area contributed by atoms with Gasteiger partial charge in [-0.2, -0.15) is 0 Å². The fourth-order valence-electron chi connectivity index (χ4n) is 9.59. The van der Waals surface area contributed by atoms with Crippen molar-refractivity contribution in [2.24, 2.45) is 0 Å². The SMILES string of the molecule is O=P12c3ccccc3B(c3ccc(N4c5ccccc5Oc5ccccc54)cc3)c3cccc(c31)B(c1ccc3c(c1)oc1ccccc13)c1ccccc12. The van der Waals surface area contributed by atoms with E-state index in [1.807, 2.05) is 60.7 Å². The van der Waals surface area contributed by atoms with Crippen molar-refractivity contribution in [1.82, 2.24) is 0 Å². The maximum Gasteiger partial charge on any atom is 0.243 e. The molecule has 0 amide bonds. The molecule has 3 aliphatic rings. The van der Waals surface area contributed by atoms with Crippen LogP contribution in [0.4, 0.5) is 17.1 Å². The fraction of sp³-hybridized carbons (Fsp3) is 0. The van der Waals surface area contributed by atoms with Gasteiger partial charge in [0.25, 0.3) is 0 Å². The summed E-state index contributed by atoms with van der Waals surface area (Å²) in [5.74, 6) is 1.65. The minimum Gasteiger partial charge on any atom is -0.456 e. The Balaban J connectivity index is 1.05. The van der Waals surface area contributed by atoms with Crippen LogP contribution in [0.25, 0.3) is 21.9 Å². The molecule has 8 aromatic carbocycles. The Morgan fingerprint density at radius 1 is 0.455 bits per heavy atom. The molecule has 12 rings (SSSR count). The van der Waals surface area contributed by atoms with Crippen LogP contribution in [0.1, 0.15) is 0 Å². The van der Waals surface area contributed by atoms with Crippen LogP contribution in [-0.2, 0) is 4.57 Å². The van der Waals surface area contributed by atoms with E-state index in [1.165, 1.54) is 0 Å². The third kappa shape index (κ3) is 4.29. The first-order valence-electron chi connectivity index (χ1n) is 18.8. The molecule has 0 bridgehead atoms. The summed E-state index contributed by atoms with van der Waals surface area (Å²) in [6.07, 6.45) is 0. The number of furan rings is 1. The van der Waals surface area contributed by atoms with E-state index in [0.717, 1.165) is 99.2 Å². The molecule has 0 aliphatic carbocycles. The van der Waals surface area contributed by atoms with Gasteiger partial charge in [-0.1, -0.05) is 166 Å². The third-order valence-corrected chi connectivity index (χ3v) is 15.2. The van der Waals surface area contributed by atoms with Gasteiger partial charge < -0.3 is 18.6 Å². The molecule has 1 aromatic heterocycles. The number of ether oxygens (including phenoxy) is 1. The summed E-state index contributed by atoms with van der Waals surface area (Å²) in [5.41, 5.74) is 11.5. The van der Waals surface area contributed by atoms with Gasteiger partial charge in [-0.25, -0.2) is 0 Å². The summed E-state index contributed by atoms with van der Waals surface area (Å²) in [7, 11) is -3.25. The number of para-hydroxylation sites is 5. The molecule has 1 atom stereocenters. The lowest BCUT2D eigenvalue weighted by Crippen LogP contribution is -2.74. The Hall–Kier alpha value is -6.48. The van der Waals surface area contributed by atoms with Gasteiger partial charge in [0.15, 0.2) is 18.6 Å². The molecule has 0 saturated carbocycles. The van der Waals surface area contributed by atoms with Gasteiger partial charge in [-0.3, -0.25) is 0 Å². The van der Waals surface area contributed by atoms with Crippen LogP contribution in [0.2, 0.25) is 0 Å². The second kappa shape index (κ2) is 11.5. The van der Waals surface area contributed by atoms with E-state index in [1.54, 1.807) is 0 Å². The van der Waals surface area contributed by atoms with Gasteiger partial charge in [-0.15, -0.1) is 0 Å². The standard InChI is InChI=1S/C48H30B2NO3P/c52-55-46-22-9-2-13-36(46)49(31-24-27-33(28-25-31)51-40-17-4-7-20-43(40)54-44-21-8-5-18-41(44)51)38-15-11-16-39(48(38)55)50(37-14-3-10-23-47(37)55)32-26-29-35-34-12-1-6-19-42(34)53-45(35)30-32/h1-30H. The summed E-state index contributed by atoms with van der Waals surface area (Å²) in [6, 6.07) is 63.5. The minimum absolute atomic E-state index is 0.102. The summed E-state index contributed by atoms with van der Waals surface area (Å²) >= 11 is 0. The van der Waals surface area contributed by atoms with E-state index in [0.29, 0.717) is 0 Å². The number of fused-ring (bicyclic) bond motifs is 9. The summed E-state index contributed by atoms with van der Waals surface area (Å²) in [6.45, 7) is -0.212. The smallest absolute Gasteiger partial charge is 0.243 e. The second-order valence-corrected chi connectivity index (χ2v) is 17.3. The predicted molar refractivity (Wildman–Crippen MR) is 230 cm³/mol. The van der Waals surface area contributed by atoms with Crippen LogP contribution in [0.15, 0.2) is 186 Å². The van der Waals surface area contributed by atoms with Crippen LogP contribution >= 0.6 is 7.14 Å². The van der Waals surface area contributed by atoms with Crippen LogP contribution in [-0.4, -0.2) is 13.4 Å². The predicted octanol–water partition coefficient (Wildman–Crippen LogP) is 6.46. The van der Waals surface area contributed by atoms with Crippen molar-refractivity contribution in [3.8, 4) is 11.5 Å². The number of anilines is 3. The number of hydrogen-bond donors (Lipinski definition) is 0. The molecule has 0 radical (unpaired) electrons. The molecule has 0 fully saturated rings. The fourth-order valence-corrected chi connectivity index (χ4v) is 13.2. The van der Waals surface area contributed by atoms with Gasteiger partial charge in [0.1, 0.15) is 11.2 Å². The zero-order valence-corrected chi connectivity index (χ0v) is 30.5. The molecule has 3 aliphatic heterocycles. The number of nitrogens with zero attached hydrogens (tertiary/aromatic N) is 1.